The molecule has 94 valence electrons. The molecular weight excluding hydrogens is 225 g/mol. The highest BCUT2D eigenvalue weighted by Crippen LogP contribution is 2.16. The van der Waals surface area contributed by atoms with Gasteiger partial charge in [-0.15, -0.1) is 0 Å². The molecule has 0 aromatic heterocycles. The van der Waals surface area contributed by atoms with Gasteiger partial charge in [0.25, 0.3) is 0 Å². The van der Waals surface area contributed by atoms with E-state index in [0.717, 1.165) is 6.07 Å². The number of aromatic carboxylic acids is 1. The molecule has 5 heteroatoms. The van der Waals surface area contributed by atoms with Crippen molar-refractivity contribution in [1.82, 2.24) is 0 Å². The molecule has 0 bridgehead atoms. The lowest BCUT2D eigenvalue weighted by Crippen LogP contribution is -2.13. The van der Waals surface area contributed by atoms with Crippen LogP contribution < -0.4 is 5.32 Å². The van der Waals surface area contributed by atoms with Gasteiger partial charge in [-0.25, -0.2) is 9.18 Å². The lowest BCUT2D eigenvalue weighted by atomic mass is 10.2. The second-order valence-electron chi connectivity index (χ2n) is 3.78. The zero-order chi connectivity index (χ0) is 12.8. The quantitative estimate of drug-likeness (QED) is 0.713. The number of aliphatic hydroxyl groups is 1. The second kappa shape index (κ2) is 6.20. The summed E-state index contributed by atoms with van der Waals surface area (Å²) < 4.78 is 13.4. The average Bonchev–Trinajstić information content (AvgIpc) is 2.30. The van der Waals surface area contributed by atoms with Crippen LogP contribution in [0.25, 0.3) is 0 Å². The lowest BCUT2D eigenvalue weighted by Gasteiger charge is -2.10. The number of carboxylic acids is 1. The molecule has 0 saturated carbocycles. The maximum atomic E-state index is 13.4. The van der Waals surface area contributed by atoms with Gasteiger partial charge in [0.2, 0.25) is 0 Å². The smallest absolute Gasteiger partial charge is 0.335 e. The molecule has 1 rings (SSSR count). The van der Waals surface area contributed by atoms with Crippen LogP contribution in [0.4, 0.5) is 10.1 Å². The summed E-state index contributed by atoms with van der Waals surface area (Å²) in [5.41, 5.74) is 0.167. The van der Waals surface area contributed by atoms with E-state index in [1.54, 1.807) is 0 Å². The van der Waals surface area contributed by atoms with Gasteiger partial charge in [0.15, 0.2) is 0 Å². The summed E-state index contributed by atoms with van der Waals surface area (Å²) in [7, 11) is 0. The van der Waals surface area contributed by atoms with Crippen molar-refractivity contribution in [3.05, 3.63) is 29.6 Å². The maximum Gasteiger partial charge on any atom is 0.335 e. The van der Waals surface area contributed by atoms with Gasteiger partial charge in [-0.1, -0.05) is 6.92 Å². The fourth-order valence-corrected chi connectivity index (χ4v) is 1.37. The van der Waals surface area contributed by atoms with E-state index in [1.807, 2.05) is 6.92 Å². The summed E-state index contributed by atoms with van der Waals surface area (Å²) in [5.74, 6) is -1.76. The highest BCUT2D eigenvalue weighted by molar-refractivity contribution is 5.88. The third-order valence-electron chi connectivity index (χ3n) is 2.48. The fraction of sp³-hybridized carbons (Fsp3) is 0.417. The van der Waals surface area contributed by atoms with Crippen molar-refractivity contribution in [3.63, 3.8) is 0 Å². The van der Waals surface area contributed by atoms with Crippen LogP contribution in [0, 0.1) is 5.82 Å². The molecule has 0 aliphatic heterocycles. The minimum Gasteiger partial charge on any atom is -0.478 e. The van der Waals surface area contributed by atoms with Crippen molar-refractivity contribution < 1.29 is 19.4 Å². The summed E-state index contributed by atoms with van der Waals surface area (Å²) in [6.07, 6.45) is 0.780. The zero-order valence-electron chi connectivity index (χ0n) is 9.61. The Kier molecular flexibility index (Phi) is 4.90. The highest BCUT2D eigenvalue weighted by atomic mass is 19.1. The van der Waals surface area contributed by atoms with Crippen molar-refractivity contribution in [2.24, 2.45) is 0 Å². The van der Waals surface area contributed by atoms with E-state index in [4.69, 9.17) is 5.11 Å². The molecule has 0 amide bonds. The van der Waals surface area contributed by atoms with Gasteiger partial charge in [0, 0.05) is 6.54 Å². The number of anilines is 1. The molecule has 3 N–H and O–H groups in total. The van der Waals surface area contributed by atoms with Crippen LogP contribution in [-0.2, 0) is 0 Å². The third kappa shape index (κ3) is 4.03. The Morgan fingerprint density at radius 1 is 1.53 bits per heavy atom. The van der Waals surface area contributed by atoms with Crippen LogP contribution in [0.15, 0.2) is 18.2 Å². The molecule has 0 aliphatic carbocycles. The number of nitrogens with one attached hydrogen (secondary N) is 1. The van der Waals surface area contributed by atoms with E-state index < -0.39 is 17.9 Å². The number of aliphatic hydroxyl groups excluding tert-OH is 1. The van der Waals surface area contributed by atoms with Crippen LogP contribution in [0.2, 0.25) is 0 Å². The van der Waals surface area contributed by atoms with Gasteiger partial charge in [0.1, 0.15) is 5.82 Å². The van der Waals surface area contributed by atoms with Crippen molar-refractivity contribution in [1.29, 1.82) is 0 Å². The van der Waals surface area contributed by atoms with Crippen LogP contribution in [0.3, 0.4) is 0 Å². The lowest BCUT2D eigenvalue weighted by molar-refractivity contribution is 0.0696. The molecule has 0 heterocycles. The average molecular weight is 241 g/mol. The van der Waals surface area contributed by atoms with Gasteiger partial charge >= 0.3 is 5.97 Å². The predicted molar refractivity (Wildman–Crippen MR) is 62.8 cm³/mol. The molecule has 0 radical (unpaired) electrons. The minimum atomic E-state index is -1.16. The van der Waals surface area contributed by atoms with Crippen molar-refractivity contribution in [2.75, 3.05) is 11.9 Å². The van der Waals surface area contributed by atoms with Crippen LogP contribution in [0.1, 0.15) is 30.1 Å². The van der Waals surface area contributed by atoms with Gasteiger partial charge in [-0.2, -0.15) is 0 Å². The van der Waals surface area contributed by atoms with Crippen LogP contribution in [-0.4, -0.2) is 28.8 Å². The van der Waals surface area contributed by atoms with E-state index in [-0.39, 0.29) is 11.3 Å². The SMILES string of the molecule is CCC(O)CCNc1ccc(C(=O)O)cc1F. The molecule has 1 unspecified atom stereocenters. The minimum absolute atomic E-state index is 0.0818. The third-order valence-corrected chi connectivity index (χ3v) is 2.48. The van der Waals surface area contributed by atoms with Gasteiger partial charge < -0.3 is 15.5 Å². The molecule has 0 fully saturated rings. The van der Waals surface area contributed by atoms with E-state index in [0.29, 0.717) is 19.4 Å². The Bertz CT molecular complexity index is 395. The topological polar surface area (TPSA) is 69.6 Å². The van der Waals surface area contributed by atoms with Crippen molar-refractivity contribution in [3.8, 4) is 0 Å². The molecule has 0 aliphatic rings. The van der Waals surface area contributed by atoms with Gasteiger partial charge in [-0.05, 0) is 31.0 Å². The first kappa shape index (κ1) is 13.4. The maximum absolute atomic E-state index is 13.4. The Labute approximate surface area is 99.1 Å². The first-order chi connectivity index (χ1) is 8.04. The molecular formula is C12H16FNO3. The molecule has 1 aromatic carbocycles. The van der Waals surface area contributed by atoms with Gasteiger partial charge in [0.05, 0.1) is 17.4 Å². The largest absolute Gasteiger partial charge is 0.478 e. The highest BCUT2D eigenvalue weighted by Gasteiger charge is 2.08. The van der Waals surface area contributed by atoms with Crippen LogP contribution >= 0.6 is 0 Å². The van der Waals surface area contributed by atoms with E-state index in [9.17, 15) is 14.3 Å². The van der Waals surface area contributed by atoms with Crippen molar-refractivity contribution >= 4 is 11.7 Å². The molecule has 1 aromatic rings. The summed E-state index contributed by atoms with van der Waals surface area (Å²) in [6, 6.07) is 3.70. The summed E-state index contributed by atoms with van der Waals surface area (Å²) in [5, 5.41) is 20.8. The van der Waals surface area contributed by atoms with Gasteiger partial charge in [-0.3, -0.25) is 0 Å². The summed E-state index contributed by atoms with van der Waals surface area (Å²) in [4.78, 5) is 10.6. The van der Waals surface area contributed by atoms with E-state index >= 15 is 0 Å². The van der Waals surface area contributed by atoms with Crippen LogP contribution in [0.5, 0.6) is 0 Å². The number of carboxylic acid groups (broad SMARTS) is 1. The normalized spacial score (nSPS) is 12.2. The Hall–Kier alpha value is -1.62. The summed E-state index contributed by atoms with van der Waals surface area (Å²) >= 11 is 0. The standard InChI is InChI=1S/C12H16FNO3/c1-2-9(15)5-6-14-11-4-3-8(12(16)17)7-10(11)13/h3-4,7,9,14-15H,2,5-6H2,1H3,(H,16,17). The number of benzene rings is 1. The van der Waals surface area contributed by atoms with E-state index in [2.05, 4.69) is 5.32 Å². The first-order valence-corrected chi connectivity index (χ1v) is 5.49. The number of hydrogen-bond acceptors (Lipinski definition) is 3. The fourth-order valence-electron chi connectivity index (χ4n) is 1.37. The monoisotopic (exact) mass is 241 g/mol. The Morgan fingerprint density at radius 3 is 2.76 bits per heavy atom. The molecule has 0 spiro atoms. The summed E-state index contributed by atoms with van der Waals surface area (Å²) in [6.45, 7) is 2.31. The number of rotatable bonds is 6. The number of hydrogen-bond donors (Lipinski definition) is 3. The number of halogens is 1. The second-order valence-corrected chi connectivity index (χ2v) is 3.78. The first-order valence-electron chi connectivity index (χ1n) is 5.49. The molecule has 1 atom stereocenters. The zero-order valence-corrected chi connectivity index (χ0v) is 9.61. The Morgan fingerprint density at radius 2 is 2.24 bits per heavy atom. The number of carbonyl (C=O) groups is 1. The van der Waals surface area contributed by atoms with Crippen molar-refractivity contribution in [2.45, 2.75) is 25.9 Å². The predicted octanol–water partition coefficient (Wildman–Crippen LogP) is 2.10. The molecule has 4 nitrogen and oxygen atoms in total. The van der Waals surface area contributed by atoms with E-state index in [1.165, 1.54) is 12.1 Å². The Balaban J connectivity index is 2.57. The molecule has 17 heavy (non-hydrogen) atoms. The molecule has 0 saturated heterocycles.